The Morgan fingerprint density at radius 1 is 1.07 bits per heavy atom. The van der Waals surface area contributed by atoms with Crippen LogP contribution in [-0.4, -0.2) is 31.2 Å². The number of rotatable bonds is 6. The van der Waals surface area contributed by atoms with Crippen LogP contribution in [-0.2, 0) is 11.2 Å². The van der Waals surface area contributed by atoms with E-state index in [4.69, 9.17) is 9.47 Å². The summed E-state index contributed by atoms with van der Waals surface area (Å²) >= 11 is 0. The third-order valence-corrected chi connectivity index (χ3v) is 6.37. The zero-order chi connectivity index (χ0) is 19.5. The second kappa shape index (κ2) is 8.21. The quantitative estimate of drug-likeness (QED) is 0.830. The highest BCUT2D eigenvalue weighted by Crippen LogP contribution is 2.55. The molecule has 1 aromatic carbocycles. The minimum Gasteiger partial charge on any atom is -0.493 e. The van der Waals surface area contributed by atoms with E-state index in [-0.39, 0.29) is 11.9 Å². The van der Waals surface area contributed by atoms with Crippen molar-refractivity contribution in [2.75, 3.05) is 14.2 Å². The summed E-state index contributed by atoms with van der Waals surface area (Å²) in [6, 6.07) is 12.0. The molecule has 1 aromatic heterocycles. The zero-order valence-electron chi connectivity index (χ0n) is 16.6. The first-order chi connectivity index (χ1) is 13.7. The van der Waals surface area contributed by atoms with Crippen molar-refractivity contribution in [3.63, 3.8) is 0 Å². The number of ether oxygens (including phenoxy) is 2. The molecule has 0 saturated heterocycles. The number of benzene rings is 1. The van der Waals surface area contributed by atoms with Crippen molar-refractivity contribution in [3.05, 3.63) is 53.9 Å². The molecule has 2 aliphatic carbocycles. The number of hydrogen-bond donors (Lipinski definition) is 1. The Balaban J connectivity index is 1.53. The van der Waals surface area contributed by atoms with Crippen LogP contribution in [0, 0.1) is 11.8 Å². The van der Waals surface area contributed by atoms with Crippen molar-refractivity contribution in [1.82, 2.24) is 10.3 Å². The largest absolute Gasteiger partial charge is 0.493 e. The van der Waals surface area contributed by atoms with E-state index < -0.39 is 0 Å². The van der Waals surface area contributed by atoms with E-state index in [1.54, 1.807) is 20.4 Å². The smallest absolute Gasteiger partial charge is 0.226 e. The standard InChI is InChI=1S/C23H28N2O3/c1-27-19-11-10-15(13-20(19)28-2)22-17-8-3-4-9-18(17)23(22)25-21(26)14-16-7-5-6-12-24-16/h5-7,10-13,17-18,22-23H,3-4,8-9,14H2,1-2H3,(H,25,26)/t17-,18-,22+,23+/m1/s1. The molecule has 2 fully saturated rings. The van der Waals surface area contributed by atoms with Gasteiger partial charge in [-0.3, -0.25) is 9.78 Å². The number of fused-ring (bicyclic) bond motifs is 1. The maximum absolute atomic E-state index is 12.7. The Labute approximate surface area is 166 Å². The number of amides is 1. The molecule has 1 N–H and O–H groups in total. The van der Waals surface area contributed by atoms with E-state index >= 15 is 0 Å². The maximum atomic E-state index is 12.7. The summed E-state index contributed by atoms with van der Waals surface area (Å²) in [4.78, 5) is 17.0. The number of nitrogens with one attached hydrogen (secondary N) is 1. The molecule has 0 bridgehead atoms. The number of nitrogens with zero attached hydrogens (tertiary/aromatic N) is 1. The van der Waals surface area contributed by atoms with E-state index in [9.17, 15) is 4.79 Å². The molecular weight excluding hydrogens is 352 g/mol. The van der Waals surface area contributed by atoms with Crippen LogP contribution in [0.4, 0.5) is 0 Å². The van der Waals surface area contributed by atoms with Gasteiger partial charge in [0.25, 0.3) is 0 Å². The van der Waals surface area contributed by atoms with Crippen molar-refractivity contribution in [3.8, 4) is 11.5 Å². The van der Waals surface area contributed by atoms with Crippen molar-refractivity contribution < 1.29 is 14.3 Å². The van der Waals surface area contributed by atoms with E-state index in [2.05, 4.69) is 22.4 Å². The Bertz CT molecular complexity index is 824. The monoisotopic (exact) mass is 380 g/mol. The molecule has 0 spiro atoms. The molecule has 0 radical (unpaired) electrons. The van der Waals surface area contributed by atoms with E-state index in [0.717, 1.165) is 17.2 Å². The van der Waals surface area contributed by atoms with Crippen molar-refractivity contribution in [2.24, 2.45) is 11.8 Å². The van der Waals surface area contributed by atoms with Crippen LogP contribution in [0.25, 0.3) is 0 Å². The fourth-order valence-corrected chi connectivity index (χ4v) is 5.08. The average molecular weight is 380 g/mol. The highest BCUT2D eigenvalue weighted by Gasteiger charge is 2.51. The number of hydrogen-bond acceptors (Lipinski definition) is 4. The molecule has 148 valence electrons. The summed E-state index contributed by atoms with van der Waals surface area (Å²) in [5.74, 6) is 3.07. The Morgan fingerprint density at radius 2 is 1.86 bits per heavy atom. The first-order valence-corrected chi connectivity index (χ1v) is 10.1. The molecule has 0 unspecified atom stereocenters. The first-order valence-electron chi connectivity index (χ1n) is 10.1. The highest BCUT2D eigenvalue weighted by molar-refractivity contribution is 5.78. The highest BCUT2D eigenvalue weighted by atomic mass is 16.5. The Kier molecular flexibility index (Phi) is 5.51. The SMILES string of the molecule is COc1ccc([C@H]2[C@@H]3CCCC[C@H]3[C@@H]2NC(=O)Cc2ccccn2)cc1OC. The minimum absolute atomic E-state index is 0.0539. The van der Waals surface area contributed by atoms with Crippen LogP contribution in [0.15, 0.2) is 42.6 Å². The second-order valence-corrected chi connectivity index (χ2v) is 7.84. The summed E-state index contributed by atoms with van der Waals surface area (Å²) in [5, 5.41) is 3.33. The van der Waals surface area contributed by atoms with Gasteiger partial charge in [0.05, 0.1) is 20.6 Å². The van der Waals surface area contributed by atoms with Gasteiger partial charge in [-0.2, -0.15) is 0 Å². The molecule has 4 atom stereocenters. The summed E-state index contributed by atoms with van der Waals surface area (Å²) in [6.07, 6.45) is 7.02. The molecule has 1 amide bonds. The van der Waals surface area contributed by atoms with Gasteiger partial charge < -0.3 is 14.8 Å². The third kappa shape index (κ3) is 3.58. The van der Waals surface area contributed by atoms with Crippen molar-refractivity contribution in [1.29, 1.82) is 0 Å². The normalized spacial score (nSPS) is 25.9. The fourth-order valence-electron chi connectivity index (χ4n) is 5.08. The summed E-state index contributed by atoms with van der Waals surface area (Å²) in [5.41, 5.74) is 2.03. The van der Waals surface area contributed by atoms with Gasteiger partial charge in [0.1, 0.15) is 0 Å². The van der Waals surface area contributed by atoms with Gasteiger partial charge in [0.2, 0.25) is 5.91 Å². The molecule has 28 heavy (non-hydrogen) atoms. The fraction of sp³-hybridized carbons (Fsp3) is 0.478. The average Bonchev–Trinajstić information content (AvgIpc) is 2.73. The van der Waals surface area contributed by atoms with Gasteiger partial charge in [0, 0.05) is 23.9 Å². The van der Waals surface area contributed by atoms with Crippen molar-refractivity contribution in [2.45, 2.75) is 44.1 Å². The molecule has 1 heterocycles. The molecule has 2 aromatic rings. The predicted molar refractivity (Wildman–Crippen MR) is 108 cm³/mol. The van der Waals surface area contributed by atoms with E-state index in [0.29, 0.717) is 24.2 Å². The lowest BCUT2D eigenvalue weighted by Crippen LogP contribution is -2.59. The Hall–Kier alpha value is -2.56. The molecule has 5 heteroatoms. The lowest BCUT2D eigenvalue weighted by molar-refractivity contribution is -0.124. The summed E-state index contributed by atoms with van der Waals surface area (Å²) < 4.78 is 10.9. The zero-order valence-corrected chi connectivity index (χ0v) is 16.6. The van der Waals surface area contributed by atoms with Crippen LogP contribution in [0.5, 0.6) is 11.5 Å². The number of methoxy groups -OCH3 is 2. The molecule has 4 rings (SSSR count). The molecule has 5 nitrogen and oxygen atoms in total. The predicted octanol–water partition coefficient (Wildman–Crippen LogP) is 3.73. The molecular formula is C23H28N2O3. The first kappa shape index (κ1) is 18.8. The number of pyridine rings is 1. The summed E-state index contributed by atoms with van der Waals surface area (Å²) in [7, 11) is 3.32. The van der Waals surface area contributed by atoms with Crippen molar-refractivity contribution >= 4 is 5.91 Å². The van der Waals surface area contributed by atoms with Crippen LogP contribution >= 0.6 is 0 Å². The van der Waals surface area contributed by atoms with Gasteiger partial charge >= 0.3 is 0 Å². The van der Waals surface area contributed by atoms with Gasteiger partial charge in [-0.25, -0.2) is 0 Å². The lowest BCUT2D eigenvalue weighted by atomic mass is 9.53. The van der Waals surface area contributed by atoms with Gasteiger partial charge in [0.15, 0.2) is 11.5 Å². The van der Waals surface area contributed by atoms with Crippen LogP contribution in [0.2, 0.25) is 0 Å². The number of carbonyl (C=O) groups excluding carboxylic acids is 1. The topological polar surface area (TPSA) is 60.5 Å². The number of aromatic nitrogens is 1. The van der Waals surface area contributed by atoms with Crippen LogP contribution < -0.4 is 14.8 Å². The lowest BCUT2D eigenvalue weighted by Gasteiger charge is -2.55. The molecule has 2 aliphatic rings. The molecule has 2 saturated carbocycles. The number of carbonyl (C=O) groups is 1. The van der Waals surface area contributed by atoms with Gasteiger partial charge in [-0.1, -0.05) is 25.0 Å². The van der Waals surface area contributed by atoms with Gasteiger partial charge in [-0.05, 0) is 54.5 Å². The Morgan fingerprint density at radius 3 is 2.57 bits per heavy atom. The summed E-state index contributed by atoms with van der Waals surface area (Å²) in [6.45, 7) is 0. The maximum Gasteiger partial charge on any atom is 0.226 e. The molecule has 0 aliphatic heterocycles. The second-order valence-electron chi connectivity index (χ2n) is 7.84. The van der Waals surface area contributed by atoms with Gasteiger partial charge in [-0.15, -0.1) is 0 Å². The third-order valence-electron chi connectivity index (χ3n) is 6.37. The van der Waals surface area contributed by atoms with Crippen LogP contribution in [0.3, 0.4) is 0 Å². The van der Waals surface area contributed by atoms with Crippen LogP contribution in [0.1, 0.15) is 42.9 Å². The van der Waals surface area contributed by atoms with E-state index in [1.807, 2.05) is 24.3 Å². The van der Waals surface area contributed by atoms with E-state index in [1.165, 1.54) is 31.2 Å². The minimum atomic E-state index is 0.0539.